The van der Waals surface area contributed by atoms with E-state index in [0.29, 0.717) is 0 Å². The molecule has 0 spiro atoms. The third-order valence-electron chi connectivity index (χ3n) is 4.18. The third kappa shape index (κ3) is 4.54. The summed E-state index contributed by atoms with van der Waals surface area (Å²) in [5.41, 5.74) is 9.58. The highest BCUT2D eigenvalue weighted by atomic mass is 16.5. The molecule has 0 unspecified atom stereocenters. The minimum absolute atomic E-state index is 0.645. The molecule has 2 aromatic carbocycles. The Morgan fingerprint density at radius 2 is 1.79 bits per heavy atom. The molecule has 28 heavy (non-hydrogen) atoms. The molecule has 3 rings (SSSR count). The van der Waals surface area contributed by atoms with Crippen LogP contribution in [0, 0.1) is 6.92 Å². The van der Waals surface area contributed by atoms with Gasteiger partial charge in [-0.2, -0.15) is 5.10 Å². The van der Waals surface area contributed by atoms with Crippen molar-refractivity contribution in [3.8, 4) is 16.9 Å². The summed E-state index contributed by atoms with van der Waals surface area (Å²) >= 11 is 0. The molecule has 1 amide bonds. The second kappa shape index (κ2) is 8.35. The van der Waals surface area contributed by atoms with E-state index >= 15 is 0 Å². The standard InChI is InChI=1S/C22H21N3O3/c1-15-8-10-17(11-9-15)21-18(12-13-20(26)28-16(2)22(23)27)14-25(24-21)19-6-4-3-5-7-19/h3-14,16H,1-2H3,(H2,23,27)/b13-12+/t16-/m0/s1. The van der Waals surface area contributed by atoms with Gasteiger partial charge in [-0.25, -0.2) is 9.48 Å². The minimum Gasteiger partial charge on any atom is -0.449 e. The number of ether oxygens (including phenoxy) is 1. The number of nitrogens with zero attached hydrogens (tertiary/aromatic N) is 2. The first kappa shape index (κ1) is 19.1. The molecule has 142 valence electrons. The van der Waals surface area contributed by atoms with E-state index in [-0.39, 0.29) is 0 Å². The Labute approximate surface area is 163 Å². The van der Waals surface area contributed by atoms with E-state index in [9.17, 15) is 9.59 Å². The van der Waals surface area contributed by atoms with Gasteiger partial charge < -0.3 is 10.5 Å². The van der Waals surface area contributed by atoms with E-state index in [1.165, 1.54) is 13.0 Å². The van der Waals surface area contributed by atoms with Crippen LogP contribution in [0.1, 0.15) is 18.1 Å². The first-order valence-corrected chi connectivity index (χ1v) is 8.84. The van der Waals surface area contributed by atoms with Crippen molar-refractivity contribution in [1.29, 1.82) is 0 Å². The minimum atomic E-state index is -0.985. The van der Waals surface area contributed by atoms with Crippen LogP contribution < -0.4 is 5.73 Å². The predicted octanol–water partition coefficient (Wildman–Crippen LogP) is 3.28. The lowest BCUT2D eigenvalue weighted by molar-refractivity contribution is -0.148. The molecule has 0 saturated heterocycles. The fourth-order valence-electron chi connectivity index (χ4n) is 2.59. The molecule has 0 radical (unpaired) electrons. The van der Waals surface area contributed by atoms with Crippen LogP contribution in [-0.4, -0.2) is 27.8 Å². The second-order valence-electron chi connectivity index (χ2n) is 6.39. The number of aromatic nitrogens is 2. The zero-order valence-corrected chi connectivity index (χ0v) is 15.7. The Balaban J connectivity index is 1.95. The molecule has 6 nitrogen and oxygen atoms in total. The van der Waals surface area contributed by atoms with Gasteiger partial charge in [0.1, 0.15) is 0 Å². The zero-order chi connectivity index (χ0) is 20.1. The van der Waals surface area contributed by atoms with Crippen molar-refractivity contribution < 1.29 is 14.3 Å². The first-order valence-electron chi connectivity index (χ1n) is 8.84. The lowest BCUT2D eigenvalue weighted by Crippen LogP contribution is -2.29. The molecule has 0 saturated carbocycles. The lowest BCUT2D eigenvalue weighted by atomic mass is 10.1. The van der Waals surface area contributed by atoms with Crippen molar-refractivity contribution >= 4 is 18.0 Å². The topological polar surface area (TPSA) is 87.2 Å². The summed E-state index contributed by atoms with van der Waals surface area (Å²) in [5.74, 6) is -1.34. The van der Waals surface area contributed by atoms with Crippen LogP contribution in [0.5, 0.6) is 0 Å². The molecule has 3 aromatic rings. The fraction of sp³-hybridized carbons (Fsp3) is 0.136. The van der Waals surface area contributed by atoms with Crippen molar-refractivity contribution in [3.05, 3.63) is 78.0 Å². The SMILES string of the molecule is Cc1ccc(-c2nn(-c3ccccc3)cc2/C=C/C(=O)O[C@@H](C)C(N)=O)cc1. The summed E-state index contributed by atoms with van der Waals surface area (Å²) in [6.07, 6.45) is 3.74. The number of rotatable bonds is 6. The Hall–Kier alpha value is -3.67. The summed E-state index contributed by atoms with van der Waals surface area (Å²) in [7, 11) is 0. The van der Waals surface area contributed by atoms with Crippen molar-refractivity contribution in [2.24, 2.45) is 5.73 Å². The molecule has 1 aromatic heterocycles. The Kier molecular flexibility index (Phi) is 5.69. The van der Waals surface area contributed by atoms with Gasteiger partial charge in [0.15, 0.2) is 6.10 Å². The highest BCUT2D eigenvalue weighted by molar-refractivity contribution is 5.91. The molecule has 2 N–H and O–H groups in total. The Morgan fingerprint density at radius 3 is 2.43 bits per heavy atom. The number of aryl methyl sites for hydroxylation is 1. The van der Waals surface area contributed by atoms with Crippen LogP contribution >= 0.6 is 0 Å². The normalized spacial score (nSPS) is 12.1. The maximum atomic E-state index is 12.0. The summed E-state index contributed by atoms with van der Waals surface area (Å²) in [4.78, 5) is 23.0. The highest BCUT2D eigenvalue weighted by Gasteiger charge is 2.14. The second-order valence-corrected chi connectivity index (χ2v) is 6.39. The fourth-order valence-corrected chi connectivity index (χ4v) is 2.59. The first-order chi connectivity index (χ1) is 13.4. The molecule has 0 aliphatic heterocycles. The molecular weight excluding hydrogens is 354 g/mol. The van der Waals surface area contributed by atoms with Gasteiger partial charge >= 0.3 is 5.97 Å². The summed E-state index contributed by atoms with van der Waals surface area (Å²) < 4.78 is 6.71. The molecule has 1 atom stereocenters. The number of hydrogen-bond acceptors (Lipinski definition) is 4. The smallest absolute Gasteiger partial charge is 0.331 e. The van der Waals surface area contributed by atoms with Gasteiger partial charge in [-0.3, -0.25) is 4.79 Å². The van der Waals surface area contributed by atoms with Gasteiger partial charge in [-0.15, -0.1) is 0 Å². The van der Waals surface area contributed by atoms with Crippen LogP contribution in [0.15, 0.2) is 66.9 Å². The van der Waals surface area contributed by atoms with Crippen LogP contribution in [0.2, 0.25) is 0 Å². The average Bonchev–Trinajstić information content (AvgIpc) is 3.12. The number of benzene rings is 2. The van der Waals surface area contributed by atoms with E-state index < -0.39 is 18.0 Å². The zero-order valence-electron chi connectivity index (χ0n) is 15.7. The van der Waals surface area contributed by atoms with Gasteiger partial charge in [0.05, 0.1) is 11.4 Å². The van der Waals surface area contributed by atoms with E-state index in [1.54, 1.807) is 10.8 Å². The lowest BCUT2D eigenvalue weighted by Gasteiger charge is -2.06. The van der Waals surface area contributed by atoms with Gasteiger partial charge in [-0.05, 0) is 32.1 Å². The molecule has 0 fully saturated rings. The average molecular weight is 375 g/mol. The summed E-state index contributed by atoms with van der Waals surface area (Å²) in [6, 6.07) is 17.7. The van der Waals surface area contributed by atoms with E-state index in [4.69, 9.17) is 10.5 Å². The highest BCUT2D eigenvalue weighted by Crippen LogP contribution is 2.25. The largest absolute Gasteiger partial charge is 0.449 e. The van der Waals surface area contributed by atoms with E-state index in [1.807, 2.05) is 67.7 Å². The number of para-hydroxylation sites is 1. The summed E-state index contributed by atoms with van der Waals surface area (Å²) in [6.45, 7) is 3.45. The van der Waals surface area contributed by atoms with Crippen LogP contribution in [-0.2, 0) is 14.3 Å². The number of carbonyl (C=O) groups excluding carboxylic acids is 2. The molecule has 0 bridgehead atoms. The maximum Gasteiger partial charge on any atom is 0.331 e. The van der Waals surface area contributed by atoms with Gasteiger partial charge in [-0.1, -0.05) is 48.0 Å². The number of nitrogens with two attached hydrogens (primary N) is 1. The molecule has 6 heteroatoms. The number of carbonyl (C=O) groups is 2. The van der Waals surface area contributed by atoms with Crippen LogP contribution in [0.3, 0.4) is 0 Å². The molecule has 0 aliphatic carbocycles. The van der Waals surface area contributed by atoms with Crippen molar-refractivity contribution in [1.82, 2.24) is 9.78 Å². The number of amides is 1. The van der Waals surface area contributed by atoms with Gasteiger partial charge in [0.2, 0.25) is 0 Å². The quantitative estimate of drug-likeness (QED) is 0.529. The number of hydrogen-bond donors (Lipinski definition) is 1. The number of esters is 1. The predicted molar refractivity (Wildman–Crippen MR) is 108 cm³/mol. The number of primary amides is 1. The Morgan fingerprint density at radius 1 is 1.11 bits per heavy atom. The molecule has 1 heterocycles. The molecule has 0 aliphatic rings. The van der Waals surface area contributed by atoms with Crippen molar-refractivity contribution in [2.75, 3.05) is 0 Å². The van der Waals surface area contributed by atoms with E-state index in [2.05, 4.69) is 5.10 Å². The van der Waals surface area contributed by atoms with E-state index in [0.717, 1.165) is 28.1 Å². The van der Waals surface area contributed by atoms with Crippen molar-refractivity contribution in [2.45, 2.75) is 20.0 Å². The summed E-state index contributed by atoms with van der Waals surface area (Å²) in [5, 5.41) is 4.69. The van der Waals surface area contributed by atoms with Crippen LogP contribution in [0.25, 0.3) is 23.0 Å². The molecular formula is C22H21N3O3. The maximum absolute atomic E-state index is 12.0. The van der Waals surface area contributed by atoms with Gasteiger partial charge in [0, 0.05) is 23.4 Å². The van der Waals surface area contributed by atoms with Crippen LogP contribution in [0.4, 0.5) is 0 Å². The van der Waals surface area contributed by atoms with Crippen molar-refractivity contribution in [3.63, 3.8) is 0 Å². The third-order valence-corrected chi connectivity index (χ3v) is 4.18. The monoisotopic (exact) mass is 375 g/mol. The van der Waals surface area contributed by atoms with Gasteiger partial charge in [0.25, 0.3) is 5.91 Å². The Bertz CT molecular complexity index is 1010.